The van der Waals surface area contributed by atoms with Gasteiger partial charge in [-0.15, -0.1) is 0 Å². The molecule has 2 rings (SSSR count). The first kappa shape index (κ1) is 16.0. The van der Waals surface area contributed by atoms with Crippen LogP contribution in [0, 0.1) is 6.92 Å². The average molecular weight is 303 g/mol. The van der Waals surface area contributed by atoms with Crippen LogP contribution in [0.1, 0.15) is 22.5 Å². The van der Waals surface area contributed by atoms with E-state index in [1.54, 1.807) is 24.1 Å². The Labute approximate surface area is 130 Å². The molecule has 2 aromatic rings. The second-order valence-corrected chi connectivity index (χ2v) is 4.88. The van der Waals surface area contributed by atoms with Crippen LogP contribution in [0.25, 0.3) is 0 Å². The summed E-state index contributed by atoms with van der Waals surface area (Å²) in [6.45, 7) is 3.44. The standard InChI is InChI=1S/C16H21N3O3/c1-13-6-3-4-7-15(13)22-12-19-10-8-14(18-19)16(20)17-9-5-11-21-2/h3-4,6-8,10H,5,9,11-12H2,1-2H3,(H,17,20). The Kier molecular flexibility index (Phi) is 5.97. The fourth-order valence-electron chi connectivity index (χ4n) is 1.92. The van der Waals surface area contributed by atoms with Gasteiger partial charge in [0.2, 0.25) is 0 Å². The zero-order valence-electron chi connectivity index (χ0n) is 12.9. The Morgan fingerprint density at radius 1 is 1.32 bits per heavy atom. The van der Waals surface area contributed by atoms with Crippen molar-refractivity contribution in [1.82, 2.24) is 15.1 Å². The van der Waals surface area contributed by atoms with Crippen molar-refractivity contribution in [3.63, 3.8) is 0 Å². The van der Waals surface area contributed by atoms with E-state index in [1.165, 1.54) is 0 Å². The first-order valence-electron chi connectivity index (χ1n) is 7.19. The highest BCUT2D eigenvalue weighted by Crippen LogP contribution is 2.16. The summed E-state index contributed by atoms with van der Waals surface area (Å²) in [4.78, 5) is 11.9. The van der Waals surface area contributed by atoms with Gasteiger partial charge < -0.3 is 14.8 Å². The Bertz CT molecular complexity index is 610. The quantitative estimate of drug-likeness (QED) is 0.758. The summed E-state index contributed by atoms with van der Waals surface area (Å²) >= 11 is 0. The van der Waals surface area contributed by atoms with Crippen LogP contribution in [-0.4, -0.2) is 35.9 Å². The van der Waals surface area contributed by atoms with Crippen molar-refractivity contribution in [2.75, 3.05) is 20.3 Å². The molecule has 1 amide bonds. The van der Waals surface area contributed by atoms with Gasteiger partial charge in [-0.1, -0.05) is 18.2 Å². The third-order valence-corrected chi connectivity index (χ3v) is 3.13. The lowest BCUT2D eigenvalue weighted by Gasteiger charge is -2.08. The van der Waals surface area contributed by atoms with Gasteiger partial charge in [-0.25, -0.2) is 4.68 Å². The largest absolute Gasteiger partial charge is 0.471 e. The number of nitrogens with one attached hydrogen (secondary N) is 1. The van der Waals surface area contributed by atoms with Crippen molar-refractivity contribution in [3.05, 3.63) is 47.8 Å². The van der Waals surface area contributed by atoms with Gasteiger partial charge in [0.05, 0.1) is 0 Å². The second kappa shape index (κ2) is 8.19. The molecule has 1 aromatic carbocycles. The molecule has 0 radical (unpaired) electrons. The molecular weight excluding hydrogens is 282 g/mol. The minimum Gasteiger partial charge on any atom is -0.471 e. The zero-order chi connectivity index (χ0) is 15.8. The Morgan fingerprint density at radius 3 is 2.91 bits per heavy atom. The van der Waals surface area contributed by atoms with Gasteiger partial charge in [0.25, 0.3) is 5.91 Å². The number of amides is 1. The maximum Gasteiger partial charge on any atom is 0.271 e. The van der Waals surface area contributed by atoms with Gasteiger partial charge in [0.1, 0.15) is 11.4 Å². The monoisotopic (exact) mass is 303 g/mol. The minimum absolute atomic E-state index is 0.189. The maximum atomic E-state index is 11.9. The molecule has 6 heteroatoms. The molecule has 0 saturated heterocycles. The summed E-state index contributed by atoms with van der Waals surface area (Å²) in [5.74, 6) is 0.620. The molecular formula is C16H21N3O3. The van der Waals surface area contributed by atoms with Crippen LogP contribution in [0.2, 0.25) is 0 Å². The molecule has 0 saturated carbocycles. The molecule has 0 bridgehead atoms. The Hall–Kier alpha value is -2.34. The first-order chi connectivity index (χ1) is 10.7. The molecule has 0 aliphatic heterocycles. The zero-order valence-corrected chi connectivity index (χ0v) is 12.9. The van der Waals surface area contributed by atoms with E-state index in [4.69, 9.17) is 9.47 Å². The van der Waals surface area contributed by atoms with Crippen molar-refractivity contribution >= 4 is 5.91 Å². The SMILES string of the molecule is COCCCNC(=O)c1ccn(COc2ccccc2C)n1. The Morgan fingerprint density at radius 2 is 2.14 bits per heavy atom. The van der Waals surface area contributed by atoms with E-state index in [0.29, 0.717) is 18.8 Å². The highest BCUT2D eigenvalue weighted by Gasteiger charge is 2.09. The summed E-state index contributed by atoms with van der Waals surface area (Å²) in [6.07, 6.45) is 2.50. The first-order valence-corrected chi connectivity index (χ1v) is 7.19. The summed E-state index contributed by atoms with van der Waals surface area (Å²) < 4.78 is 12.2. The van der Waals surface area contributed by atoms with Crippen molar-refractivity contribution in [1.29, 1.82) is 0 Å². The van der Waals surface area contributed by atoms with Crippen LogP contribution in [0.3, 0.4) is 0 Å². The average Bonchev–Trinajstić information content (AvgIpc) is 3.00. The predicted octanol–water partition coefficient (Wildman–Crippen LogP) is 1.99. The normalized spacial score (nSPS) is 10.5. The number of hydrogen-bond donors (Lipinski definition) is 1. The topological polar surface area (TPSA) is 65.4 Å². The van der Waals surface area contributed by atoms with Gasteiger partial charge >= 0.3 is 0 Å². The number of methoxy groups -OCH3 is 1. The fourth-order valence-corrected chi connectivity index (χ4v) is 1.92. The molecule has 1 heterocycles. The molecule has 0 aliphatic carbocycles. The summed E-state index contributed by atoms with van der Waals surface area (Å²) in [6, 6.07) is 9.44. The molecule has 0 atom stereocenters. The number of aromatic nitrogens is 2. The van der Waals surface area contributed by atoms with Crippen molar-refractivity contribution in [2.45, 2.75) is 20.1 Å². The lowest BCUT2D eigenvalue weighted by molar-refractivity contribution is 0.0941. The smallest absolute Gasteiger partial charge is 0.271 e. The van der Waals surface area contributed by atoms with Crippen LogP contribution in [-0.2, 0) is 11.5 Å². The number of nitrogens with zero attached hydrogens (tertiary/aromatic N) is 2. The number of benzene rings is 1. The number of carbonyl (C=O) groups excluding carboxylic acids is 1. The van der Waals surface area contributed by atoms with E-state index in [2.05, 4.69) is 10.4 Å². The van der Waals surface area contributed by atoms with Crippen molar-refractivity contribution < 1.29 is 14.3 Å². The van der Waals surface area contributed by atoms with E-state index >= 15 is 0 Å². The van der Waals surface area contributed by atoms with Crippen LogP contribution in [0.5, 0.6) is 5.75 Å². The van der Waals surface area contributed by atoms with Crippen LogP contribution < -0.4 is 10.1 Å². The number of carbonyl (C=O) groups is 1. The fraction of sp³-hybridized carbons (Fsp3) is 0.375. The van der Waals surface area contributed by atoms with E-state index in [-0.39, 0.29) is 12.6 Å². The number of para-hydroxylation sites is 1. The predicted molar refractivity (Wildman–Crippen MR) is 82.9 cm³/mol. The van der Waals surface area contributed by atoms with Gasteiger partial charge in [-0.05, 0) is 31.0 Å². The van der Waals surface area contributed by atoms with E-state index in [0.717, 1.165) is 17.7 Å². The third kappa shape index (κ3) is 4.60. The minimum atomic E-state index is -0.189. The van der Waals surface area contributed by atoms with Crippen LogP contribution in [0.15, 0.2) is 36.5 Å². The molecule has 6 nitrogen and oxygen atoms in total. The number of hydrogen-bond acceptors (Lipinski definition) is 4. The highest BCUT2D eigenvalue weighted by atomic mass is 16.5. The maximum absolute atomic E-state index is 11.9. The molecule has 1 N–H and O–H groups in total. The van der Waals surface area contributed by atoms with Gasteiger partial charge in [0.15, 0.2) is 6.73 Å². The Balaban J connectivity index is 1.83. The van der Waals surface area contributed by atoms with Gasteiger partial charge in [0, 0.05) is 26.5 Å². The molecule has 22 heavy (non-hydrogen) atoms. The molecule has 1 aromatic heterocycles. The molecule has 0 aliphatic rings. The second-order valence-electron chi connectivity index (χ2n) is 4.88. The van der Waals surface area contributed by atoms with Crippen LogP contribution in [0.4, 0.5) is 0 Å². The molecule has 0 fully saturated rings. The van der Waals surface area contributed by atoms with E-state index in [9.17, 15) is 4.79 Å². The number of ether oxygens (including phenoxy) is 2. The summed E-state index contributed by atoms with van der Waals surface area (Å²) in [5, 5.41) is 7.00. The van der Waals surface area contributed by atoms with E-state index in [1.807, 2.05) is 31.2 Å². The number of aryl methyl sites for hydroxylation is 1. The number of rotatable bonds is 8. The lowest BCUT2D eigenvalue weighted by Crippen LogP contribution is -2.25. The third-order valence-electron chi connectivity index (χ3n) is 3.13. The lowest BCUT2D eigenvalue weighted by atomic mass is 10.2. The van der Waals surface area contributed by atoms with E-state index < -0.39 is 0 Å². The van der Waals surface area contributed by atoms with Crippen molar-refractivity contribution in [3.8, 4) is 5.75 Å². The summed E-state index contributed by atoms with van der Waals surface area (Å²) in [7, 11) is 1.64. The van der Waals surface area contributed by atoms with Crippen molar-refractivity contribution in [2.24, 2.45) is 0 Å². The summed E-state index contributed by atoms with van der Waals surface area (Å²) in [5.41, 5.74) is 1.44. The van der Waals surface area contributed by atoms with Crippen LogP contribution >= 0.6 is 0 Å². The van der Waals surface area contributed by atoms with Gasteiger partial charge in [-0.2, -0.15) is 5.10 Å². The highest BCUT2D eigenvalue weighted by molar-refractivity contribution is 5.92. The van der Waals surface area contributed by atoms with Gasteiger partial charge in [-0.3, -0.25) is 4.79 Å². The molecule has 118 valence electrons. The molecule has 0 unspecified atom stereocenters. The molecule has 0 spiro atoms.